The lowest BCUT2D eigenvalue weighted by Gasteiger charge is -2.11. The van der Waals surface area contributed by atoms with Crippen LogP contribution in [-0.4, -0.2) is 16.0 Å². The molecular formula is C4H12NO4P. The fourth-order valence-corrected chi connectivity index (χ4v) is 0.972. The Labute approximate surface area is 59.4 Å². The molecule has 0 aromatic carbocycles. The van der Waals surface area contributed by atoms with E-state index >= 15 is 0 Å². The molecule has 0 aromatic heterocycles. The van der Waals surface area contributed by atoms with Crippen molar-refractivity contribution in [3.05, 3.63) is 0 Å². The highest BCUT2D eigenvalue weighted by Gasteiger charge is 2.17. The molecule has 1 unspecified atom stereocenters. The first-order valence-electron chi connectivity index (χ1n) is 2.95. The number of hydrogen-bond acceptors (Lipinski definition) is 3. The summed E-state index contributed by atoms with van der Waals surface area (Å²) < 4.78 is 14.2. The molecule has 0 bridgehead atoms. The second kappa shape index (κ2) is 4.05. The average Bonchev–Trinajstić information content (AvgIpc) is 1.59. The molecule has 0 spiro atoms. The van der Waals surface area contributed by atoms with Gasteiger partial charge in [-0.2, -0.15) is 0 Å². The van der Waals surface area contributed by atoms with Crippen LogP contribution in [0.5, 0.6) is 0 Å². The van der Waals surface area contributed by atoms with E-state index in [1.165, 1.54) is 0 Å². The predicted molar refractivity (Wildman–Crippen MR) is 36.0 cm³/mol. The maximum absolute atomic E-state index is 10.1. The Bertz CT molecular complexity index is 133. The van der Waals surface area contributed by atoms with Crippen molar-refractivity contribution in [1.82, 2.24) is 0 Å². The van der Waals surface area contributed by atoms with E-state index in [4.69, 9.17) is 15.5 Å². The molecule has 0 aliphatic carbocycles. The van der Waals surface area contributed by atoms with Gasteiger partial charge in [-0.3, -0.25) is 4.52 Å². The molecule has 0 saturated carbocycles. The van der Waals surface area contributed by atoms with Crippen LogP contribution >= 0.6 is 7.82 Å². The van der Waals surface area contributed by atoms with E-state index in [0.717, 1.165) is 6.42 Å². The van der Waals surface area contributed by atoms with Crippen LogP contribution in [0.3, 0.4) is 0 Å². The van der Waals surface area contributed by atoms with Gasteiger partial charge in [-0.05, 0) is 6.42 Å². The largest absolute Gasteiger partial charge is 0.471 e. The SMILES string of the molecule is CCCC(N)OP(=O)(O)O. The van der Waals surface area contributed by atoms with Crippen molar-refractivity contribution in [2.24, 2.45) is 5.73 Å². The second-order valence-corrected chi connectivity index (χ2v) is 3.12. The van der Waals surface area contributed by atoms with Gasteiger partial charge in [0, 0.05) is 0 Å². The molecule has 6 heteroatoms. The summed E-state index contributed by atoms with van der Waals surface area (Å²) in [6, 6.07) is 0. The van der Waals surface area contributed by atoms with Gasteiger partial charge in [0.2, 0.25) is 0 Å². The van der Waals surface area contributed by atoms with Gasteiger partial charge in [-0.25, -0.2) is 4.57 Å². The molecule has 0 radical (unpaired) electrons. The lowest BCUT2D eigenvalue weighted by atomic mass is 10.3. The van der Waals surface area contributed by atoms with Gasteiger partial charge in [0.05, 0.1) is 0 Å². The van der Waals surface area contributed by atoms with E-state index < -0.39 is 14.1 Å². The second-order valence-electron chi connectivity index (χ2n) is 1.92. The molecular weight excluding hydrogens is 157 g/mol. The maximum atomic E-state index is 10.1. The third-order valence-electron chi connectivity index (χ3n) is 0.846. The van der Waals surface area contributed by atoms with Crippen molar-refractivity contribution >= 4 is 7.82 Å². The summed E-state index contributed by atoms with van der Waals surface area (Å²) in [7, 11) is -4.38. The summed E-state index contributed by atoms with van der Waals surface area (Å²) in [4.78, 5) is 16.4. The topological polar surface area (TPSA) is 92.8 Å². The average molecular weight is 169 g/mol. The molecule has 0 saturated heterocycles. The summed E-state index contributed by atoms with van der Waals surface area (Å²) in [6.45, 7) is 1.85. The number of rotatable bonds is 4. The van der Waals surface area contributed by atoms with Crippen molar-refractivity contribution in [3.63, 3.8) is 0 Å². The fourth-order valence-electron chi connectivity index (χ4n) is 0.514. The Hall–Kier alpha value is 0.0700. The maximum Gasteiger partial charge on any atom is 0.471 e. The van der Waals surface area contributed by atoms with Crippen LogP contribution in [0.25, 0.3) is 0 Å². The van der Waals surface area contributed by atoms with Crippen LogP contribution in [0.4, 0.5) is 0 Å². The van der Waals surface area contributed by atoms with Crippen molar-refractivity contribution in [2.75, 3.05) is 0 Å². The number of phosphoric ester groups is 1. The number of hydrogen-bond donors (Lipinski definition) is 3. The van der Waals surface area contributed by atoms with Gasteiger partial charge in [-0.1, -0.05) is 13.3 Å². The lowest BCUT2D eigenvalue weighted by molar-refractivity contribution is 0.130. The molecule has 0 amide bonds. The summed E-state index contributed by atoms with van der Waals surface area (Å²) >= 11 is 0. The van der Waals surface area contributed by atoms with Crippen LogP contribution in [0.2, 0.25) is 0 Å². The number of phosphoric acid groups is 1. The molecule has 0 aliphatic heterocycles. The van der Waals surface area contributed by atoms with E-state index in [9.17, 15) is 4.57 Å². The monoisotopic (exact) mass is 169 g/mol. The quantitative estimate of drug-likeness (QED) is 0.412. The van der Waals surface area contributed by atoms with Gasteiger partial charge in [-0.15, -0.1) is 0 Å². The van der Waals surface area contributed by atoms with Gasteiger partial charge in [0.15, 0.2) is 0 Å². The van der Waals surface area contributed by atoms with Gasteiger partial charge >= 0.3 is 7.82 Å². The molecule has 1 atom stereocenters. The lowest BCUT2D eigenvalue weighted by Crippen LogP contribution is -2.21. The van der Waals surface area contributed by atoms with Gasteiger partial charge in [0.1, 0.15) is 6.23 Å². The van der Waals surface area contributed by atoms with Crippen molar-refractivity contribution in [3.8, 4) is 0 Å². The fraction of sp³-hybridized carbons (Fsp3) is 1.00. The highest BCUT2D eigenvalue weighted by molar-refractivity contribution is 7.46. The third-order valence-corrected chi connectivity index (χ3v) is 1.39. The minimum atomic E-state index is -4.38. The highest BCUT2D eigenvalue weighted by Crippen LogP contribution is 2.37. The van der Waals surface area contributed by atoms with Crippen LogP contribution in [0.1, 0.15) is 19.8 Å². The zero-order valence-corrected chi connectivity index (χ0v) is 6.62. The molecule has 4 N–H and O–H groups in total. The van der Waals surface area contributed by atoms with Crippen molar-refractivity contribution in [2.45, 2.75) is 26.0 Å². The van der Waals surface area contributed by atoms with Crippen LogP contribution < -0.4 is 5.73 Å². The molecule has 0 fully saturated rings. The Morgan fingerprint density at radius 1 is 1.70 bits per heavy atom. The van der Waals surface area contributed by atoms with E-state index in [1.807, 2.05) is 6.92 Å². The molecule has 0 aromatic rings. The molecule has 62 valence electrons. The van der Waals surface area contributed by atoms with E-state index in [0.29, 0.717) is 6.42 Å². The minimum Gasteiger partial charge on any atom is -0.306 e. The smallest absolute Gasteiger partial charge is 0.306 e. The van der Waals surface area contributed by atoms with E-state index in [2.05, 4.69) is 4.52 Å². The Balaban J connectivity index is 3.58. The summed E-state index contributed by atoms with van der Waals surface area (Å²) in [5.41, 5.74) is 5.16. The first-order chi connectivity index (χ1) is 4.45. The van der Waals surface area contributed by atoms with Crippen molar-refractivity contribution < 1.29 is 18.9 Å². The Morgan fingerprint density at radius 2 is 2.20 bits per heavy atom. The third kappa shape index (κ3) is 6.19. The Morgan fingerprint density at radius 3 is 2.50 bits per heavy atom. The molecule has 0 rings (SSSR count). The van der Waals surface area contributed by atoms with Crippen LogP contribution in [0, 0.1) is 0 Å². The highest BCUT2D eigenvalue weighted by atomic mass is 31.2. The Kier molecular flexibility index (Phi) is 4.08. The summed E-state index contributed by atoms with van der Waals surface area (Å²) in [5.74, 6) is 0. The summed E-state index contributed by atoms with van der Waals surface area (Å²) in [6.07, 6.45) is 0.331. The van der Waals surface area contributed by atoms with E-state index in [1.54, 1.807) is 0 Å². The summed E-state index contributed by atoms with van der Waals surface area (Å²) in [5, 5.41) is 0. The first-order valence-corrected chi connectivity index (χ1v) is 4.48. The standard InChI is InChI=1S/C4H12NO4P/c1-2-3-4(5)9-10(6,7)8/h4H,2-3,5H2,1H3,(H2,6,7,8). The van der Waals surface area contributed by atoms with Gasteiger partial charge < -0.3 is 15.5 Å². The number of nitrogens with two attached hydrogens (primary N) is 1. The molecule has 10 heavy (non-hydrogen) atoms. The molecule has 0 aliphatic rings. The predicted octanol–water partition coefficient (Wildman–Crippen LogP) is 0.181. The minimum absolute atomic E-state index is 0.450. The molecule has 5 nitrogen and oxygen atoms in total. The van der Waals surface area contributed by atoms with Gasteiger partial charge in [0.25, 0.3) is 0 Å². The molecule has 0 heterocycles. The van der Waals surface area contributed by atoms with E-state index in [-0.39, 0.29) is 0 Å². The zero-order valence-electron chi connectivity index (χ0n) is 5.73. The zero-order chi connectivity index (χ0) is 8.20. The first kappa shape index (κ1) is 10.1. The van der Waals surface area contributed by atoms with Crippen LogP contribution in [0.15, 0.2) is 0 Å². The van der Waals surface area contributed by atoms with Crippen molar-refractivity contribution in [1.29, 1.82) is 0 Å². The van der Waals surface area contributed by atoms with Crippen LogP contribution in [-0.2, 0) is 9.09 Å². The normalized spacial score (nSPS) is 15.2.